The first-order valence-electron chi connectivity index (χ1n) is 8.60. The Morgan fingerprint density at radius 1 is 0.857 bits per heavy atom. The van der Waals surface area contributed by atoms with E-state index in [4.69, 9.17) is 9.05 Å². The fraction of sp³-hybridized carbons (Fsp3) is 1.00. The quantitative estimate of drug-likeness (QED) is 0.310. The van der Waals surface area contributed by atoms with Crippen LogP contribution in [0.2, 0.25) is 0 Å². The molecule has 1 atom stereocenters. The average Bonchev–Trinajstić information content (AvgIpc) is 2.43. The minimum absolute atomic E-state index is 0.228. The molecule has 0 aliphatic heterocycles. The Labute approximate surface area is 131 Å². The van der Waals surface area contributed by atoms with Crippen molar-refractivity contribution in [2.75, 3.05) is 13.2 Å². The minimum Gasteiger partial charge on any atom is -0.302 e. The summed E-state index contributed by atoms with van der Waals surface area (Å²) in [7, 11) is -3.82. The predicted molar refractivity (Wildman–Crippen MR) is 88.4 cm³/mol. The lowest BCUT2D eigenvalue weighted by Gasteiger charge is -2.13. The van der Waals surface area contributed by atoms with Crippen LogP contribution in [0, 0.1) is 5.92 Å². The van der Waals surface area contributed by atoms with Gasteiger partial charge in [-0.2, -0.15) is 0 Å². The van der Waals surface area contributed by atoms with Crippen molar-refractivity contribution in [3.05, 3.63) is 0 Å². The summed E-state index contributed by atoms with van der Waals surface area (Å²) in [4.78, 5) is 9.42. The molecule has 0 aliphatic carbocycles. The van der Waals surface area contributed by atoms with Crippen LogP contribution >= 0.6 is 7.82 Å². The molecule has 5 heteroatoms. The van der Waals surface area contributed by atoms with Gasteiger partial charge in [-0.1, -0.05) is 78.6 Å². The Morgan fingerprint density at radius 2 is 1.33 bits per heavy atom. The van der Waals surface area contributed by atoms with Crippen LogP contribution in [0.15, 0.2) is 0 Å². The molecule has 0 spiro atoms. The van der Waals surface area contributed by atoms with Crippen LogP contribution in [0.1, 0.15) is 85.0 Å². The molecule has 0 heterocycles. The lowest BCUT2D eigenvalue weighted by molar-refractivity contribution is 0.135. The summed E-state index contributed by atoms with van der Waals surface area (Å²) < 4.78 is 21.3. The Bertz CT molecular complexity index is 269. The number of phosphoric ester groups is 1. The highest BCUT2D eigenvalue weighted by Crippen LogP contribution is 2.43. The molecule has 0 aromatic heterocycles. The number of phosphoric acid groups is 1. The number of hydrogen-bond acceptors (Lipinski definition) is 3. The molecule has 1 N–H and O–H groups in total. The fourth-order valence-electron chi connectivity index (χ4n) is 2.05. The molecule has 0 aromatic carbocycles. The molecule has 128 valence electrons. The van der Waals surface area contributed by atoms with E-state index in [-0.39, 0.29) is 12.5 Å². The first-order valence-corrected chi connectivity index (χ1v) is 10.1. The maximum absolute atomic E-state index is 11.5. The van der Waals surface area contributed by atoms with Crippen molar-refractivity contribution in [2.45, 2.75) is 85.0 Å². The van der Waals surface area contributed by atoms with Crippen molar-refractivity contribution in [1.82, 2.24) is 0 Å². The standard InChI is InChI=1S/C16H35O4P/c1-4-5-6-7-8-9-10-11-12-13-14-19-21(17,18)20-15-16(2)3/h16H,4-15H2,1-3H3,(H,17,18). The van der Waals surface area contributed by atoms with Gasteiger partial charge in [0, 0.05) is 0 Å². The van der Waals surface area contributed by atoms with Crippen LogP contribution in [0.5, 0.6) is 0 Å². The summed E-state index contributed by atoms with van der Waals surface area (Å²) in [5.74, 6) is 0.228. The van der Waals surface area contributed by atoms with E-state index >= 15 is 0 Å². The molecule has 1 unspecified atom stereocenters. The summed E-state index contributed by atoms with van der Waals surface area (Å²) in [6.45, 7) is 6.67. The molecule has 0 rings (SSSR count). The van der Waals surface area contributed by atoms with Gasteiger partial charge in [0.2, 0.25) is 0 Å². The van der Waals surface area contributed by atoms with Crippen LogP contribution in [-0.2, 0) is 13.6 Å². The van der Waals surface area contributed by atoms with E-state index in [0.29, 0.717) is 6.61 Å². The van der Waals surface area contributed by atoms with Gasteiger partial charge in [-0.15, -0.1) is 0 Å². The molecule has 0 fully saturated rings. The molecule has 0 radical (unpaired) electrons. The highest BCUT2D eigenvalue weighted by atomic mass is 31.2. The first-order chi connectivity index (χ1) is 9.98. The molecule has 0 bridgehead atoms. The van der Waals surface area contributed by atoms with E-state index in [9.17, 15) is 9.46 Å². The lowest BCUT2D eigenvalue weighted by Crippen LogP contribution is -2.03. The van der Waals surface area contributed by atoms with Gasteiger partial charge in [0.25, 0.3) is 0 Å². The summed E-state index contributed by atoms with van der Waals surface area (Å²) >= 11 is 0. The normalized spacial score (nSPS) is 14.5. The zero-order valence-corrected chi connectivity index (χ0v) is 15.1. The predicted octanol–water partition coefficient (Wildman–Crippen LogP) is 5.70. The Hall–Kier alpha value is 0.110. The van der Waals surface area contributed by atoms with E-state index in [1.807, 2.05) is 13.8 Å². The lowest BCUT2D eigenvalue weighted by atomic mass is 10.1. The van der Waals surface area contributed by atoms with Gasteiger partial charge < -0.3 is 4.89 Å². The number of hydrogen-bond donors (Lipinski definition) is 1. The Balaban J connectivity index is 3.30. The second-order valence-electron chi connectivity index (χ2n) is 6.17. The molecular weight excluding hydrogens is 287 g/mol. The van der Waals surface area contributed by atoms with Gasteiger partial charge in [-0.25, -0.2) is 4.57 Å². The van der Waals surface area contributed by atoms with E-state index in [2.05, 4.69) is 6.92 Å². The number of unbranched alkanes of at least 4 members (excludes halogenated alkanes) is 9. The molecule has 4 nitrogen and oxygen atoms in total. The second kappa shape index (κ2) is 13.8. The summed E-state index contributed by atoms with van der Waals surface area (Å²) in [5, 5.41) is 0. The molecule has 0 aromatic rings. The van der Waals surface area contributed by atoms with Crippen LogP contribution in [-0.4, -0.2) is 18.1 Å². The molecule has 0 amide bonds. The zero-order valence-electron chi connectivity index (χ0n) is 14.2. The maximum Gasteiger partial charge on any atom is 0.472 e. The van der Waals surface area contributed by atoms with Gasteiger partial charge in [0.1, 0.15) is 0 Å². The van der Waals surface area contributed by atoms with Crippen molar-refractivity contribution >= 4 is 7.82 Å². The van der Waals surface area contributed by atoms with Gasteiger partial charge >= 0.3 is 7.82 Å². The van der Waals surface area contributed by atoms with Crippen molar-refractivity contribution < 1.29 is 18.5 Å². The number of rotatable bonds is 15. The molecule has 0 saturated heterocycles. The topological polar surface area (TPSA) is 55.8 Å². The third kappa shape index (κ3) is 16.3. The third-order valence-corrected chi connectivity index (χ3v) is 4.31. The Kier molecular flexibility index (Phi) is 13.8. The van der Waals surface area contributed by atoms with E-state index in [1.54, 1.807) is 0 Å². The largest absolute Gasteiger partial charge is 0.472 e. The van der Waals surface area contributed by atoms with Crippen LogP contribution < -0.4 is 0 Å². The monoisotopic (exact) mass is 322 g/mol. The van der Waals surface area contributed by atoms with Crippen molar-refractivity contribution in [3.8, 4) is 0 Å². The van der Waals surface area contributed by atoms with Crippen LogP contribution in [0.4, 0.5) is 0 Å². The highest BCUT2D eigenvalue weighted by Gasteiger charge is 2.20. The minimum atomic E-state index is -3.82. The second-order valence-corrected chi connectivity index (χ2v) is 7.63. The zero-order chi connectivity index (χ0) is 16.0. The highest BCUT2D eigenvalue weighted by molar-refractivity contribution is 7.47. The molecular formula is C16H35O4P. The van der Waals surface area contributed by atoms with Crippen molar-refractivity contribution in [3.63, 3.8) is 0 Å². The fourth-order valence-corrected chi connectivity index (χ4v) is 2.97. The van der Waals surface area contributed by atoms with Crippen molar-refractivity contribution in [1.29, 1.82) is 0 Å². The molecule has 0 saturated carbocycles. The summed E-state index contributed by atoms with van der Waals surface area (Å²) in [6.07, 6.45) is 12.3. The Morgan fingerprint density at radius 3 is 1.81 bits per heavy atom. The van der Waals surface area contributed by atoms with Crippen molar-refractivity contribution in [2.24, 2.45) is 5.92 Å². The first kappa shape index (κ1) is 21.1. The van der Waals surface area contributed by atoms with E-state index in [1.165, 1.54) is 51.4 Å². The van der Waals surface area contributed by atoms with E-state index < -0.39 is 7.82 Å². The smallest absolute Gasteiger partial charge is 0.302 e. The average molecular weight is 322 g/mol. The molecule has 0 aliphatic rings. The van der Waals surface area contributed by atoms with E-state index in [0.717, 1.165) is 12.8 Å². The van der Waals surface area contributed by atoms with Gasteiger partial charge in [-0.05, 0) is 12.3 Å². The van der Waals surface area contributed by atoms with Crippen LogP contribution in [0.3, 0.4) is 0 Å². The van der Waals surface area contributed by atoms with Gasteiger partial charge in [0.05, 0.1) is 13.2 Å². The summed E-state index contributed by atoms with van der Waals surface area (Å²) in [5.41, 5.74) is 0. The summed E-state index contributed by atoms with van der Waals surface area (Å²) in [6, 6.07) is 0. The molecule has 21 heavy (non-hydrogen) atoms. The SMILES string of the molecule is CCCCCCCCCCCCOP(=O)(O)OCC(C)C. The van der Waals surface area contributed by atoms with Crippen LogP contribution in [0.25, 0.3) is 0 Å². The van der Waals surface area contributed by atoms with Gasteiger partial charge in [-0.3, -0.25) is 9.05 Å². The van der Waals surface area contributed by atoms with Gasteiger partial charge in [0.15, 0.2) is 0 Å². The third-order valence-electron chi connectivity index (χ3n) is 3.32. The maximum atomic E-state index is 11.5.